The van der Waals surface area contributed by atoms with E-state index in [1.807, 2.05) is 32.0 Å². The Morgan fingerprint density at radius 3 is 2.77 bits per heavy atom. The van der Waals surface area contributed by atoms with Crippen molar-refractivity contribution in [1.29, 1.82) is 0 Å². The average Bonchev–Trinajstić information content (AvgIpc) is 3.01. The molecule has 2 aromatic rings. The van der Waals surface area contributed by atoms with Gasteiger partial charge in [-0.25, -0.2) is 0 Å². The van der Waals surface area contributed by atoms with Crippen molar-refractivity contribution < 1.29 is 4.79 Å². The molecule has 1 aliphatic heterocycles. The molecule has 2 heterocycles. The maximum atomic E-state index is 13.0. The smallest absolute Gasteiger partial charge is 0.236 e. The number of rotatable bonds is 6. The van der Waals surface area contributed by atoms with Gasteiger partial charge in [0.15, 0.2) is 5.16 Å². The molecule has 1 aliphatic rings. The van der Waals surface area contributed by atoms with Crippen LogP contribution in [-0.4, -0.2) is 43.4 Å². The lowest BCUT2D eigenvalue weighted by atomic mass is 10.00. The molecule has 0 bridgehead atoms. The van der Waals surface area contributed by atoms with Crippen molar-refractivity contribution in [1.82, 2.24) is 19.7 Å². The first kappa shape index (κ1) is 19.0. The molecular weight excluding hydrogens is 344 g/mol. The summed E-state index contributed by atoms with van der Waals surface area (Å²) in [4.78, 5) is 15.1. The van der Waals surface area contributed by atoms with Crippen molar-refractivity contribution in [3.63, 3.8) is 0 Å². The minimum Gasteiger partial charge on any atom is -0.339 e. The van der Waals surface area contributed by atoms with Gasteiger partial charge in [0.1, 0.15) is 5.82 Å². The van der Waals surface area contributed by atoms with Crippen molar-refractivity contribution in [2.24, 2.45) is 0 Å². The van der Waals surface area contributed by atoms with E-state index in [9.17, 15) is 4.79 Å². The Hall–Kier alpha value is -1.82. The highest BCUT2D eigenvalue weighted by molar-refractivity contribution is 8.00. The van der Waals surface area contributed by atoms with E-state index in [0.29, 0.717) is 6.04 Å². The van der Waals surface area contributed by atoms with Gasteiger partial charge in [-0.1, -0.05) is 49.0 Å². The quantitative estimate of drug-likeness (QED) is 0.722. The van der Waals surface area contributed by atoms with Gasteiger partial charge in [0.2, 0.25) is 5.91 Å². The molecule has 1 aromatic heterocycles. The molecule has 0 spiro atoms. The third-order valence-corrected chi connectivity index (χ3v) is 6.16. The van der Waals surface area contributed by atoms with Crippen LogP contribution in [0.3, 0.4) is 0 Å². The van der Waals surface area contributed by atoms with Crippen LogP contribution in [0.1, 0.15) is 50.9 Å². The topological polar surface area (TPSA) is 51.0 Å². The molecule has 3 rings (SSSR count). The highest BCUT2D eigenvalue weighted by Gasteiger charge is 2.30. The largest absolute Gasteiger partial charge is 0.339 e. The van der Waals surface area contributed by atoms with E-state index in [1.165, 1.54) is 23.7 Å². The number of aryl methyl sites for hydroxylation is 1. The van der Waals surface area contributed by atoms with Crippen LogP contribution in [-0.2, 0) is 11.3 Å². The summed E-state index contributed by atoms with van der Waals surface area (Å²) in [5.74, 6) is 1.11. The van der Waals surface area contributed by atoms with Crippen molar-refractivity contribution >= 4 is 17.7 Å². The van der Waals surface area contributed by atoms with Gasteiger partial charge in [-0.15, -0.1) is 10.2 Å². The van der Waals surface area contributed by atoms with Gasteiger partial charge in [-0.2, -0.15) is 0 Å². The number of carbonyl (C=O) groups is 1. The Morgan fingerprint density at radius 2 is 2.04 bits per heavy atom. The predicted molar refractivity (Wildman–Crippen MR) is 105 cm³/mol. The summed E-state index contributed by atoms with van der Waals surface area (Å²) in [6.45, 7) is 7.74. The Bertz CT molecular complexity index is 731. The summed E-state index contributed by atoms with van der Waals surface area (Å²) in [6.07, 6.45) is 4.51. The van der Waals surface area contributed by atoms with Gasteiger partial charge >= 0.3 is 0 Å². The SMILES string of the molecule is CCC1CCCCN1C(=O)C(C)Sc1nnc(C)n1Cc1ccccc1. The Kier molecular flexibility index (Phi) is 6.35. The Morgan fingerprint density at radius 1 is 1.27 bits per heavy atom. The van der Waals surface area contributed by atoms with Crippen LogP contribution >= 0.6 is 11.8 Å². The van der Waals surface area contributed by atoms with Crippen molar-refractivity contribution in [3.05, 3.63) is 41.7 Å². The maximum absolute atomic E-state index is 13.0. The van der Waals surface area contributed by atoms with Crippen molar-refractivity contribution in [3.8, 4) is 0 Å². The lowest BCUT2D eigenvalue weighted by Crippen LogP contribution is -2.46. The molecule has 0 radical (unpaired) electrons. The van der Waals surface area contributed by atoms with Gasteiger partial charge < -0.3 is 9.47 Å². The first-order chi connectivity index (χ1) is 12.6. The fourth-order valence-electron chi connectivity index (χ4n) is 3.55. The molecule has 1 saturated heterocycles. The van der Waals surface area contributed by atoms with Crippen LogP contribution in [0.4, 0.5) is 0 Å². The van der Waals surface area contributed by atoms with Crippen molar-refractivity contribution in [2.45, 2.75) is 69.4 Å². The molecule has 140 valence electrons. The molecule has 1 fully saturated rings. The van der Waals surface area contributed by atoms with E-state index in [0.717, 1.165) is 43.3 Å². The number of thioether (sulfide) groups is 1. The first-order valence-electron chi connectivity index (χ1n) is 9.51. The number of piperidine rings is 1. The molecule has 6 heteroatoms. The van der Waals surface area contributed by atoms with E-state index in [2.05, 4.69) is 38.7 Å². The fourth-order valence-corrected chi connectivity index (χ4v) is 4.52. The van der Waals surface area contributed by atoms with E-state index in [-0.39, 0.29) is 11.2 Å². The van der Waals surface area contributed by atoms with E-state index in [4.69, 9.17) is 0 Å². The van der Waals surface area contributed by atoms with Crippen LogP contribution in [0.25, 0.3) is 0 Å². The summed E-state index contributed by atoms with van der Waals surface area (Å²) < 4.78 is 2.09. The molecule has 0 N–H and O–H groups in total. The second-order valence-corrected chi connectivity index (χ2v) is 8.26. The third kappa shape index (κ3) is 4.29. The van der Waals surface area contributed by atoms with Gasteiger partial charge in [-0.05, 0) is 45.1 Å². The molecule has 0 aliphatic carbocycles. The zero-order valence-corrected chi connectivity index (χ0v) is 16.7. The van der Waals surface area contributed by atoms with E-state index >= 15 is 0 Å². The summed E-state index contributed by atoms with van der Waals surface area (Å²) in [7, 11) is 0. The summed E-state index contributed by atoms with van der Waals surface area (Å²) in [5.41, 5.74) is 1.21. The Labute approximate surface area is 160 Å². The lowest BCUT2D eigenvalue weighted by Gasteiger charge is -2.36. The van der Waals surface area contributed by atoms with Gasteiger partial charge in [0, 0.05) is 12.6 Å². The minimum absolute atomic E-state index is 0.153. The van der Waals surface area contributed by atoms with E-state index < -0.39 is 0 Å². The number of aromatic nitrogens is 3. The summed E-state index contributed by atoms with van der Waals surface area (Å²) in [5, 5.41) is 9.22. The maximum Gasteiger partial charge on any atom is 0.236 e. The summed E-state index contributed by atoms with van der Waals surface area (Å²) in [6, 6.07) is 10.7. The fraction of sp³-hybridized carbons (Fsp3) is 0.550. The molecule has 2 unspecified atom stereocenters. The van der Waals surface area contributed by atoms with Crippen LogP contribution < -0.4 is 0 Å². The van der Waals surface area contributed by atoms with E-state index in [1.54, 1.807) is 0 Å². The zero-order valence-electron chi connectivity index (χ0n) is 15.9. The second kappa shape index (κ2) is 8.71. The number of amides is 1. The monoisotopic (exact) mass is 372 g/mol. The second-order valence-electron chi connectivity index (χ2n) is 6.95. The predicted octanol–water partition coefficient (Wildman–Crippen LogP) is 3.91. The first-order valence-corrected chi connectivity index (χ1v) is 10.4. The molecular formula is C20H28N4OS. The van der Waals surface area contributed by atoms with Crippen LogP contribution in [0.5, 0.6) is 0 Å². The van der Waals surface area contributed by atoms with Gasteiger partial charge in [-0.3, -0.25) is 4.79 Å². The number of hydrogen-bond donors (Lipinski definition) is 0. The number of likely N-dealkylation sites (tertiary alicyclic amines) is 1. The van der Waals surface area contributed by atoms with Crippen LogP contribution in [0, 0.1) is 6.92 Å². The number of benzene rings is 1. The molecule has 1 aromatic carbocycles. The highest BCUT2D eigenvalue weighted by atomic mass is 32.2. The molecule has 26 heavy (non-hydrogen) atoms. The lowest BCUT2D eigenvalue weighted by molar-refractivity contribution is -0.134. The molecule has 1 amide bonds. The zero-order chi connectivity index (χ0) is 18.5. The molecule has 5 nitrogen and oxygen atoms in total. The molecule has 2 atom stereocenters. The van der Waals surface area contributed by atoms with Gasteiger partial charge in [0.25, 0.3) is 0 Å². The van der Waals surface area contributed by atoms with Crippen molar-refractivity contribution in [2.75, 3.05) is 6.54 Å². The number of nitrogens with zero attached hydrogens (tertiary/aromatic N) is 4. The molecule has 0 saturated carbocycles. The van der Waals surface area contributed by atoms with Crippen LogP contribution in [0.2, 0.25) is 0 Å². The van der Waals surface area contributed by atoms with Crippen LogP contribution in [0.15, 0.2) is 35.5 Å². The normalized spacial score (nSPS) is 18.7. The highest BCUT2D eigenvalue weighted by Crippen LogP contribution is 2.27. The third-order valence-electron chi connectivity index (χ3n) is 5.10. The standard InChI is InChI=1S/C20H28N4OS/c1-4-18-12-8-9-13-23(18)19(25)15(2)26-20-22-21-16(3)24(20)14-17-10-6-5-7-11-17/h5-7,10-11,15,18H,4,8-9,12-14H2,1-3H3. The van der Waals surface area contributed by atoms with Gasteiger partial charge in [0.05, 0.1) is 11.8 Å². The summed E-state index contributed by atoms with van der Waals surface area (Å²) >= 11 is 1.52. The minimum atomic E-state index is -0.153. The Balaban J connectivity index is 1.71. The number of hydrogen-bond acceptors (Lipinski definition) is 4. The average molecular weight is 373 g/mol. The number of carbonyl (C=O) groups excluding carboxylic acids is 1.